The molecule has 0 amide bonds. The van der Waals surface area contributed by atoms with Crippen molar-refractivity contribution in [3.8, 4) is 0 Å². The molecule has 0 aromatic carbocycles. The molecule has 0 aliphatic rings. The molecule has 0 aliphatic carbocycles. The van der Waals surface area contributed by atoms with Crippen LogP contribution in [-0.4, -0.2) is 41.5 Å². The molecule has 0 spiro atoms. The molecule has 1 heterocycles. The van der Waals surface area contributed by atoms with Crippen LogP contribution in [-0.2, 0) is 9.53 Å². The number of rotatable bonds is 1. The van der Waals surface area contributed by atoms with Crippen LogP contribution in [0.3, 0.4) is 0 Å². The number of esters is 2. The zero-order valence-corrected chi connectivity index (χ0v) is 5.87. The molecular weight excluding hydrogens is 171 g/mol. The molecule has 0 N–H and O–H groups in total. The first-order chi connectivity index (χ1) is 5.20. The van der Waals surface area contributed by atoms with Crippen molar-refractivity contribution >= 4 is 41.5 Å². The summed E-state index contributed by atoms with van der Waals surface area (Å²) in [6, 6.07) is 2.96. The Hall–Kier alpha value is -0.580. The van der Waals surface area contributed by atoms with Crippen LogP contribution >= 0.6 is 0 Å². The van der Waals surface area contributed by atoms with E-state index in [0.717, 1.165) is 6.92 Å². The maximum atomic E-state index is 10.8. The van der Waals surface area contributed by atoms with Crippen molar-refractivity contribution in [3.63, 3.8) is 0 Å². The van der Waals surface area contributed by atoms with Crippen molar-refractivity contribution in [2.24, 2.45) is 0 Å². The molecule has 0 atom stereocenters. The molecule has 1 rings (SSSR count). The topological polar surface area (TPSA) is 56.5 Å². The van der Waals surface area contributed by atoms with E-state index in [2.05, 4.69) is 9.15 Å². The summed E-state index contributed by atoms with van der Waals surface area (Å²) in [4.78, 5) is 21.0. The predicted octanol–water partition coefficient (Wildman–Crippen LogP) is 0.334. The quantitative estimate of drug-likeness (QED) is 0.353. The average molecular weight is 178 g/mol. The first-order valence-corrected chi connectivity index (χ1v) is 2.96. The van der Waals surface area contributed by atoms with Gasteiger partial charge in [-0.05, 0) is 12.1 Å². The Labute approximate surface area is 91.2 Å². The number of carbonyl (C=O) groups is 2. The van der Waals surface area contributed by atoms with Gasteiger partial charge in [0.05, 0.1) is 6.26 Å². The van der Waals surface area contributed by atoms with Crippen molar-refractivity contribution in [3.05, 3.63) is 24.2 Å². The van der Waals surface area contributed by atoms with Gasteiger partial charge in [-0.2, -0.15) is 0 Å². The predicted molar refractivity (Wildman–Crippen MR) is 42.0 cm³/mol. The summed E-state index contributed by atoms with van der Waals surface area (Å²) < 4.78 is 8.89. The number of furan rings is 1. The van der Waals surface area contributed by atoms with Gasteiger partial charge in [0.2, 0.25) is 5.76 Å². The van der Waals surface area contributed by atoms with Gasteiger partial charge >= 0.3 is 41.5 Å². The van der Waals surface area contributed by atoms with E-state index in [1.165, 1.54) is 18.4 Å². The standard InChI is InChI=1S/C7H6O4.Na.H/c1-5(8)11-7(9)6-3-2-4-10-6;;/h2-4H,1H3;;. The van der Waals surface area contributed by atoms with E-state index in [9.17, 15) is 9.59 Å². The molecule has 0 saturated heterocycles. The Morgan fingerprint density at radius 1 is 1.50 bits per heavy atom. The Bertz CT molecular complexity index is 265. The van der Waals surface area contributed by atoms with E-state index >= 15 is 0 Å². The fourth-order valence-corrected chi connectivity index (χ4v) is 0.576. The summed E-state index contributed by atoms with van der Waals surface area (Å²) in [5.74, 6) is -1.38. The van der Waals surface area contributed by atoms with E-state index in [0.29, 0.717) is 0 Å². The summed E-state index contributed by atoms with van der Waals surface area (Å²) in [7, 11) is 0. The summed E-state index contributed by atoms with van der Waals surface area (Å²) >= 11 is 0. The Kier molecular flexibility index (Phi) is 4.89. The first-order valence-electron chi connectivity index (χ1n) is 2.96. The summed E-state index contributed by atoms with van der Waals surface area (Å²) in [6.07, 6.45) is 1.33. The van der Waals surface area contributed by atoms with Crippen LogP contribution in [0.2, 0.25) is 0 Å². The molecular formula is C7H7NaO4. The third-order valence-electron chi connectivity index (χ3n) is 0.959. The van der Waals surface area contributed by atoms with Crippen molar-refractivity contribution in [2.45, 2.75) is 6.92 Å². The molecule has 0 bridgehead atoms. The average Bonchev–Trinajstić information content (AvgIpc) is 2.35. The SMILES string of the molecule is CC(=O)OC(=O)c1ccco1.[NaH]. The van der Waals surface area contributed by atoms with Gasteiger partial charge in [0.15, 0.2) is 0 Å². The van der Waals surface area contributed by atoms with Gasteiger partial charge in [-0.15, -0.1) is 0 Å². The molecule has 0 unspecified atom stereocenters. The van der Waals surface area contributed by atoms with Crippen LogP contribution in [0.1, 0.15) is 17.5 Å². The fraction of sp³-hybridized carbons (Fsp3) is 0.143. The third-order valence-corrected chi connectivity index (χ3v) is 0.959. The van der Waals surface area contributed by atoms with Gasteiger partial charge < -0.3 is 9.15 Å². The van der Waals surface area contributed by atoms with E-state index in [1.807, 2.05) is 0 Å². The van der Waals surface area contributed by atoms with E-state index < -0.39 is 11.9 Å². The van der Waals surface area contributed by atoms with Crippen molar-refractivity contribution in [1.82, 2.24) is 0 Å². The van der Waals surface area contributed by atoms with E-state index in [4.69, 9.17) is 0 Å². The second kappa shape index (κ2) is 5.13. The molecule has 60 valence electrons. The van der Waals surface area contributed by atoms with Gasteiger partial charge in [-0.1, -0.05) is 0 Å². The molecule has 1 aromatic heterocycles. The molecule has 5 heteroatoms. The van der Waals surface area contributed by atoms with Gasteiger partial charge in [-0.25, -0.2) is 4.79 Å². The van der Waals surface area contributed by atoms with Crippen LogP contribution in [0.15, 0.2) is 22.8 Å². The van der Waals surface area contributed by atoms with E-state index in [1.54, 1.807) is 0 Å². The van der Waals surface area contributed by atoms with Gasteiger partial charge in [0.25, 0.3) is 0 Å². The van der Waals surface area contributed by atoms with Gasteiger partial charge in [-0.3, -0.25) is 4.79 Å². The zero-order valence-electron chi connectivity index (χ0n) is 5.87. The van der Waals surface area contributed by atoms with Crippen molar-refractivity contribution in [1.29, 1.82) is 0 Å². The fourth-order valence-electron chi connectivity index (χ4n) is 0.576. The van der Waals surface area contributed by atoms with Crippen LogP contribution in [0.4, 0.5) is 0 Å². The second-order valence-corrected chi connectivity index (χ2v) is 1.86. The molecule has 0 fully saturated rings. The minimum atomic E-state index is -0.762. The number of carbonyl (C=O) groups excluding carboxylic acids is 2. The van der Waals surface area contributed by atoms with Crippen molar-refractivity contribution in [2.75, 3.05) is 0 Å². The number of hydrogen-bond donors (Lipinski definition) is 0. The van der Waals surface area contributed by atoms with Crippen LogP contribution in [0.5, 0.6) is 0 Å². The summed E-state index contributed by atoms with van der Waals surface area (Å²) in [6.45, 7) is 1.15. The normalized spacial score (nSPS) is 8.42. The minimum absolute atomic E-state index is 0. The second-order valence-electron chi connectivity index (χ2n) is 1.86. The molecule has 12 heavy (non-hydrogen) atoms. The van der Waals surface area contributed by atoms with Crippen LogP contribution < -0.4 is 0 Å². The maximum absolute atomic E-state index is 10.8. The van der Waals surface area contributed by atoms with Crippen molar-refractivity contribution < 1.29 is 18.7 Å². The van der Waals surface area contributed by atoms with Gasteiger partial charge in [0.1, 0.15) is 0 Å². The zero-order chi connectivity index (χ0) is 8.27. The number of hydrogen-bond acceptors (Lipinski definition) is 4. The molecule has 0 aliphatic heterocycles. The van der Waals surface area contributed by atoms with Gasteiger partial charge in [0, 0.05) is 6.92 Å². The molecule has 0 radical (unpaired) electrons. The summed E-state index contributed by atoms with van der Waals surface area (Å²) in [5.41, 5.74) is 0. The molecule has 4 nitrogen and oxygen atoms in total. The molecule has 0 saturated carbocycles. The third kappa shape index (κ3) is 3.21. The summed E-state index contributed by atoms with van der Waals surface area (Å²) in [5, 5.41) is 0. The van der Waals surface area contributed by atoms with Crippen LogP contribution in [0, 0.1) is 0 Å². The monoisotopic (exact) mass is 178 g/mol. The Balaban J connectivity index is 0.00000121. The molecule has 1 aromatic rings. The Morgan fingerprint density at radius 2 is 2.17 bits per heavy atom. The number of ether oxygens (including phenoxy) is 1. The van der Waals surface area contributed by atoms with Crippen LogP contribution in [0.25, 0.3) is 0 Å². The first kappa shape index (κ1) is 11.4. The van der Waals surface area contributed by atoms with E-state index in [-0.39, 0.29) is 35.3 Å². The Morgan fingerprint density at radius 3 is 2.58 bits per heavy atom.